The minimum absolute atomic E-state index is 0.257. The van der Waals surface area contributed by atoms with E-state index < -0.39 is 11.8 Å². The molecule has 0 aliphatic heterocycles. The first kappa shape index (κ1) is 19.1. The lowest BCUT2D eigenvalue weighted by molar-refractivity contribution is -0.139. The van der Waals surface area contributed by atoms with Gasteiger partial charge in [0.2, 0.25) is 0 Å². The Morgan fingerprint density at radius 3 is 2.65 bits per heavy atom. The molecule has 0 spiro atoms. The first-order chi connectivity index (χ1) is 12.7. The van der Waals surface area contributed by atoms with Gasteiger partial charge in [-0.25, -0.2) is 5.43 Å². The second kappa shape index (κ2) is 10.6. The first-order valence-electron chi connectivity index (χ1n) is 8.06. The van der Waals surface area contributed by atoms with E-state index in [4.69, 9.17) is 9.47 Å². The van der Waals surface area contributed by atoms with Gasteiger partial charge < -0.3 is 14.8 Å². The van der Waals surface area contributed by atoms with Gasteiger partial charge in [0.05, 0.1) is 12.8 Å². The number of benzene rings is 2. The third-order valence-electron chi connectivity index (χ3n) is 3.28. The molecule has 7 nitrogen and oxygen atoms in total. The molecule has 2 N–H and O–H groups in total. The van der Waals surface area contributed by atoms with Crippen LogP contribution >= 0.6 is 0 Å². The Balaban J connectivity index is 1.82. The van der Waals surface area contributed by atoms with Crippen molar-refractivity contribution in [1.82, 2.24) is 10.7 Å². The number of hydrogen-bond donors (Lipinski definition) is 2. The van der Waals surface area contributed by atoms with Crippen LogP contribution < -0.4 is 15.5 Å². The smallest absolute Gasteiger partial charge is 0.329 e. The van der Waals surface area contributed by atoms with Crippen LogP contribution in [0.2, 0.25) is 0 Å². The van der Waals surface area contributed by atoms with E-state index in [0.29, 0.717) is 19.0 Å². The van der Waals surface area contributed by atoms with Crippen LogP contribution in [0, 0.1) is 0 Å². The third kappa shape index (κ3) is 6.74. The lowest BCUT2D eigenvalue weighted by Crippen LogP contribution is -2.39. The number of carbonyl (C=O) groups is 2. The van der Waals surface area contributed by atoms with Crippen LogP contribution in [-0.4, -0.2) is 38.3 Å². The van der Waals surface area contributed by atoms with E-state index in [0.717, 1.165) is 11.1 Å². The fourth-order valence-electron chi connectivity index (χ4n) is 1.99. The standard InChI is InChI=1S/C19H21N3O4/c1-25-11-10-20-18(23)19(24)22-21-13-16-8-5-9-17(12-16)26-14-15-6-3-2-4-7-15/h2-9,12-13H,10-11,14H2,1H3,(H,20,23)(H,22,24). The van der Waals surface area contributed by atoms with Crippen molar-refractivity contribution in [2.75, 3.05) is 20.3 Å². The SMILES string of the molecule is COCCNC(=O)C(=O)NN=Cc1cccc(OCc2ccccc2)c1. The predicted molar refractivity (Wildman–Crippen MR) is 97.8 cm³/mol. The van der Waals surface area contributed by atoms with Gasteiger partial charge in [-0.05, 0) is 23.3 Å². The summed E-state index contributed by atoms with van der Waals surface area (Å²) in [6.07, 6.45) is 1.44. The Morgan fingerprint density at radius 2 is 1.88 bits per heavy atom. The quantitative estimate of drug-likeness (QED) is 0.325. The van der Waals surface area contributed by atoms with E-state index in [1.807, 2.05) is 48.5 Å². The average molecular weight is 355 g/mol. The number of carbonyl (C=O) groups excluding carboxylic acids is 2. The van der Waals surface area contributed by atoms with E-state index >= 15 is 0 Å². The summed E-state index contributed by atoms with van der Waals surface area (Å²) in [5.41, 5.74) is 3.97. The van der Waals surface area contributed by atoms with E-state index in [1.54, 1.807) is 6.07 Å². The van der Waals surface area contributed by atoms with Gasteiger partial charge in [-0.3, -0.25) is 9.59 Å². The Morgan fingerprint density at radius 1 is 1.08 bits per heavy atom. The van der Waals surface area contributed by atoms with Crippen molar-refractivity contribution in [3.8, 4) is 5.75 Å². The number of hydrazone groups is 1. The second-order valence-corrected chi connectivity index (χ2v) is 5.29. The zero-order valence-electron chi connectivity index (χ0n) is 14.5. The lowest BCUT2D eigenvalue weighted by atomic mass is 10.2. The van der Waals surface area contributed by atoms with Crippen molar-refractivity contribution in [2.24, 2.45) is 5.10 Å². The highest BCUT2D eigenvalue weighted by atomic mass is 16.5. The molecule has 0 saturated carbocycles. The van der Waals surface area contributed by atoms with Gasteiger partial charge in [0.25, 0.3) is 0 Å². The maximum atomic E-state index is 11.6. The average Bonchev–Trinajstić information content (AvgIpc) is 2.67. The number of rotatable bonds is 8. The van der Waals surface area contributed by atoms with E-state index in [-0.39, 0.29) is 6.54 Å². The van der Waals surface area contributed by atoms with Crippen molar-refractivity contribution < 1.29 is 19.1 Å². The molecule has 2 rings (SSSR count). The van der Waals surface area contributed by atoms with Crippen LogP contribution in [-0.2, 0) is 20.9 Å². The Hall–Kier alpha value is -3.19. The molecule has 0 heterocycles. The molecule has 2 amide bonds. The predicted octanol–water partition coefficient (Wildman–Crippen LogP) is 1.48. The molecule has 0 fully saturated rings. The second-order valence-electron chi connectivity index (χ2n) is 5.29. The Bertz CT molecular complexity index is 747. The molecule has 0 bridgehead atoms. The van der Waals surface area contributed by atoms with Gasteiger partial charge in [0, 0.05) is 13.7 Å². The van der Waals surface area contributed by atoms with Gasteiger partial charge in [-0.15, -0.1) is 0 Å². The summed E-state index contributed by atoms with van der Waals surface area (Å²) >= 11 is 0. The largest absolute Gasteiger partial charge is 0.489 e. The normalized spacial score (nSPS) is 10.5. The monoisotopic (exact) mass is 355 g/mol. The van der Waals surface area contributed by atoms with E-state index in [9.17, 15) is 9.59 Å². The zero-order valence-corrected chi connectivity index (χ0v) is 14.5. The summed E-state index contributed by atoms with van der Waals surface area (Å²) in [5.74, 6) is -0.922. The molecule has 136 valence electrons. The molecule has 26 heavy (non-hydrogen) atoms. The van der Waals surface area contributed by atoms with Crippen LogP contribution in [0.15, 0.2) is 59.7 Å². The molecule has 0 saturated heterocycles. The molecular formula is C19H21N3O4. The number of methoxy groups -OCH3 is 1. The highest BCUT2D eigenvalue weighted by molar-refractivity contribution is 6.35. The number of ether oxygens (including phenoxy) is 2. The Labute approximate surface area is 152 Å². The highest BCUT2D eigenvalue weighted by Gasteiger charge is 2.11. The maximum absolute atomic E-state index is 11.6. The van der Waals surface area contributed by atoms with Gasteiger partial charge in [0.1, 0.15) is 12.4 Å². The Kier molecular flexibility index (Phi) is 7.82. The van der Waals surface area contributed by atoms with Gasteiger partial charge in [-0.2, -0.15) is 5.10 Å². The number of nitrogens with one attached hydrogen (secondary N) is 2. The van der Waals surface area contributed by atoms with Crippen LogP contribution in [0.1, 0.15) is 11.1 Å². The van der Waals surface area contributed by atoms with Crippen molar-refractivity contribution >= 4 is 18.0 Å². The van der Waals surface area contributed by atoms with Gasteiger partial charge >= 0.3 is 11.8 Å². The zero-order chi connectivity index (χ0) is 18.6. The molecule has 7 heteroatoms. The van der Waals surface area contributed by atoms with Gasteiger partial charge in [0.15, 0.2) is 0 Å². The van der Waals surface area contributed by atoms with Crippen LogP contribution in [0.25, 0.3) is 0 Å². The van der Waals surface area contributed by atoms with E-state index in [1.165, 1.54) is 13.3 Å². The van der Waals surface area contributed by atoms with Crippen LogP contribution in [0.3, 0.4) is 0 Å². The van der Waals surface area contributed by atoms with Crippen LogP contribution in [0.4, 0.5) is 0 Å². The number of amides is 2. The molecule has 0 aromatic heterocycles. The molecule has 2 aromatic rings. The fraction of sp³-hybridized carbons (Fsp3) is 0.211. The van der Waals surface area contributed by atoms with Crippen molar-refractivity contribution in [1.29, 1.82) is 0 Å². The first-order valence-corrected chi connectivity index (χ1v) is 8.06. The topological polar surface area (TPSA) is 89.0 Å². The summed E-state index contributed by atoms with van der Waals surface area (Å²) in [4.78, 5) is 23.0. The van der Waals surface area contributed by atoms with Crippen molar-refractivity contribution in [3.05, 3.63) is 65.7 Å². The van der Waals surface area contributed by atoms with Crippen LogP contribution in [0.5, 0.6) is 5.75 Å². The van der Waals surface area contributed by atoms with Crippen molar-refractivity contribution in [3.63, 3.8) is 0 Å². The summed E-state index contributed by atoms with van der Waals surface area (Å²) in [7, 11) is 1.51. The third-order valence-corrected chi connectivity index (χ3v) is 3.28. The summed E-state index contributed by atoms with van der Waals surface area (Å²) in [6.45, 7) is 1.05. The summed E-state index contributed by atoms with van der Waals surface area (Å²) < 4.78 is 10.5. The highest BCUT2D eigenvalue weighted by Crippen LogP contribution is 2.14. The molecule has 0 aliphatic carbocycles. The fourth-order valence-corrected chi connectivity index (χ4v) is 1.99. The molecule has 2 aromatic carbocycles. The minimum atomic E-state index is -0.839. The minimum Gasteiger partial charge on any atom is -0.489 e. The summed E-state index contributed by atoms with van der Waals surface area (Å²) in [6, 6.07) is 17.1. The molecule has 0 unspecified atom stereocenters. The van der Waals surface area contributed by atoms with Crippen molar-refractivity contribution in [2.45, 2.75) is 6.61 Å². The maximum Gasteiger partial charge on any atom is 0.329 e. The number of hydrogen-bond acceptors (Lipinski definition) is 5. The summed E-state index contributed by atoms with van der Waals surface area (Å²) in [5, 5.41) is 6.18. The molecule has 0 atom stereocenters. The molecule has 0 radical (unpaired) electrons. The van der Waals surface area contributed by atoms with Gasteiger partial charge in [-0.1, -0.05) is 42.5 Å². The number of nitrogens with zero attached hydrogens (tertiary/aromatic N) is 1. The lowest BCUT2D eigenvalue weighted by Gasteiger charge is -2.06. The molecular weight excluding hydrogens is 334 g/mol. The molecule has 0 aliphatic rings. The van der Waals surface area contributed by atoms with E-state index in [2.05, 4.69) is 15.8 Å².